The molecule has 9 heteroatoms. The Bertz CT molecular complexity index is 1200. The first-order valence-corrected chi connectivity index (χ1v) is 11.4. The average Bonchev–Trinajstić information content (AvgIpc) is 3.09. The van der Waals surface area contributed by atoms with Crippen LogP contribution in [0.15, 0.2) is 41.3 Å². The average molecular weight is 446 g/mol. The highest BCUT2D eigenvalue weighted by atomic mass is 32.2. The maximum atomic E-state index is 12.8. The number of methoxy groups -OCH3 is 1. The minimum absolute atomic E-state index is 0.0874. The van der Waals surface area contributed by atoms with E-state index in [1.165, 1.54) is 24.5 Å². The molecule has 0 spiro atoms. The molecule has 1 amide bonds. The monoisotopic (exact) mass is 445 g/mol. The minimum atomic E-state index is -3.68. The third kappa shape index (κ3) is 4.38. The molecular formula is C21H23N3O4S2. The van der Waals surface area contributed by atoms with Gasteiger partial charge in [0, 0.05) is 16.0 Å². The number of thiazole rings is 1. The highest BCUT2D eigenvalue weighted by Crippen LogP contribution is 2.32. The van der Waals surface area contributed by atoms with Crippen molar-refractivity contribution in [3.63, 3.8) is 0 Å². The van der Waals surface area contributed by atoms with Gasteiger partial charge in [0.15, 0.2) is 5.13 Å². The molecule has 2 aromatic carbocycles. The van der Waals surface area contributed by atoms with Crippen LogP contribution in [0.25, 0.3) is 11.3 Å². The van der Waals surface area contributed by atoms with Gasteiger partial charge in [0.1, 0.15) is 5.75 Å². The molecule has 0 bridgehead atoms. The molecule has 0 aliphatic carbocycles. The van der Waals surface area contributed by atoms with Crippen molar-refractivity contribution in [3.05, 3.63) is 58.0 Å². The minimum Gasteiger partial charge on any atom is -0.497 e. The number of sulfonamides is 1. The summed E-state index contributed by atoms with van der Waals surface area (Å²) in [6, 6.07) is 10.6. The van der Waals surface area contributed by atoms with E-state index in [2.05, 4.69) is 15.0 Å². The van der Waals surface area contributed by atoms with E-state index in [9.17, 15) is 13.2 Å². The lowest BCUT2D eigenvalue weighted by molar-refractivity contribution is 0.102. The van der Waals surface area contributed by atoms with Gasteiger partial charge in [-0.2, -0.15) is 0 Å². The summed E-state index contributed by atoms with van der Waals surface area (Å²) in [4.78, 5) is 18.4. The molecule has 3 aromatic rings. The van der Waals surface area contributed by atoms with Crippen molar-refractivity contribution in [2.45, 2.75) is 25.7 Å². The number of aromatic nitrogens is 1. The zero-order valence-electron chi connectivity index (χ0n) is 17.4. The highest BCUT2D eigenvalue weighted by Gasteiger charge is 2.20. The second-order valence-electron chi connectivity index (χ2n) is 6.73. The van der Waals surface area contributed by atoms with E-state index in [0.29, 0.717) is 16.3 Å². The number of benzene rings is 2. The molecule has 0 aliphatic heterocycles. The number of nitrogens with one attached hydrogen (secondary N) is 2. The maximum absolute atomic E-state index is 12.8. The summed E-state index contributed by atoms with van der Waals surface area (Å²) in [7, 11) is -0.727. The Labute approximate surface area is 180 Å². The molecule has 0 atom stereocenters. The molecule has 0 saturated heterocycles. The quantitative estimate of drug-likeness (QED) is 0.600. The van der Waals surface area contributed by atoms with Crippen molar-refractivity contribution in [1.29, 1.82) is 0 Å². The summed E-state index contributed by atoms with van der Waals surface area (Å²) in [5, 5.41) is 3.23. The van der Waals surface area contributed by atoms with Gasteiger partial charge in [-0.05, 0) is 75.3 Å². The van der Waals surface area contributed by atoms with E-state index < -0.39 is 15.9 Å². The maximum Gasteiger partial charge on any atom is 0.257 e. The van der Waals surface area contributed by atoms with E-state index in [-0.39, 0.29) is 10.5 Å². The molecular weight excluding hydrogens is 422 g/mol. The van der Waals surface area contributed by atoms with Crippen LogP contribution in [0, 0.1) is 20.8 Å². The van der Waals surface area contributed by atoms with E-state index in [4.69, 9.17) is 4.74 Å². The number of nitrogens with zero attached hydrogens (tertiary/aromatic N) is 1. The molecule has 0 aliphatic rings. The van der Waals surface area contributed by atoms with Crippen molar-refractivity contribution < 1.29 is 17.9 Å². The highest BCUT2D eigenvalue weighted by molar-refractivity contribution is 7.89. The zero-order chi connectivity index (χ0) is 22.1. The van der Waals surface area contributed by atoms with Gasteiger partial charge in [-0.15, -0.1) is 11.3 Å². The molecule has 7 nitrogen and oxygen atoms in total. The Morgan fingerprint density at radius 1 is 1.10 bits per heavy atom. The van der Waals surface area contributed by atoms with Crippen LogP contribution in [0.4, 0.5) is 5.13 Å². The smallest absolute Gasteiger partial charge is 0.257 e. The normalized spacial score (nSPS) is 11.4. The standard InChI is InChI=1S/C21H23N3O4S2/c1-12-10-16(11-18(13(12)2)30(26,27)22-4)20(25)24-21-23-19(14(3)29-21)15-6-8-17(28-5)9-7-15/h6-11,22H,1-5H3,(H,23,24,25). The van der Waals surface area contributed by atoms with E-state index in [1.807, 2.05) is 31.2 Å². The second kappa shape index (κ2) is 8.55. The Morgan fingerprint density at radius 2 is 1.77 bits per heavy atom. The molecule has 158 valence electrons. The molecule has 2 N–H and O–H groups in total. The summed E-state index contributed by atoms with van der Waals surface area (Å²) < 4.78 is 32.1. The molecule has 1 heterocycles. The van der Waals surface area contributed by atoms with Crippen LogP contribution in [0.1, 0.15) is 26.4 Å². The third-order valence-corrected chi connectivity index (χ3v) is 7.25. The van der Waals surface area contributed by atoms with Gasteiger partial charge in [0.05, 0.1) is 17.7 Å². The Balaban J connectivity index is 1.90. The van der Waals surface area contributed by atoms with Crippen LogP contribution in [-0.2, 0) is 10.0 Å². The fourth-order valence-corrected chi connectivity index (χ4v) is 4.88. The first-order valence-electron chi connectivity index (χ1n) is 9.14. The molecule has 0 fully saturated rings. The van der Waals surface area contributed by atoms with Crippen molar-refractivity contribution in [1.82, 2.24) is 9.71 Å². The van der Waals surface area contributed by atoms with E-state index in [0.717, 1.165) is 21.9 Å². The fourth-order valence-electron chi connectivity index (χ4n) is 2.98. The van der Waals surface area contributed by atoms with Crippen molar-refractivity contribution in [2.24, 2.45) is 0 Å². The molecule has 1 aromatic heterocycles. The lowest BCUT2D eigenvalue weighted by Gasteiger charge is -2.12. The van der Waals surface area contributed by atoms with Crippen LogP contribution in [0.3, 0.4) is 0 Å². The van der Waals surface area contributed by atoms with Crippen molar-refractivity contribution >= 4 is 32.4 Å². The third-order valence-electron chi connectivity index (χ3n) is 4.82. The lowest BCUT2D eigenvalue weighted by Crippen LogP contribution is -2.21. The second-order valence-corrected chi connectivity index (χ2v) is 9.79. The van der Waals surface area contributed by atoms with Crippen LogP contribution in [0.2, 0.25) is 0 Å². The van der Waals surface area contributed by atoms with Gasteiger partial charge in [-0.3, -0.25) is 10.1 Å². The number of hydrogen-bond acceptors (Lipinski definition) is 6. The van der Waals surface area contributed by atoms with Crippen LogP contribution in [0.5, 0.6) is 5.75 Å². The number of carbonyl (C=O) groups is 1. The molecule has 0 saturated carbocycles. The van der Waals surface area contributed by atoms with Crippen LogP contribution >= 0.6 is 11.3 Å². The predicted molar refractivity (Wildman–Crippen MR) is 119 cm³/mol. The predicted octanol–water partition coefficient (Wildman–Crippen LogP) is 3.90. The molecule has 0 radical (unpaired) electrons. The fraction of sp³-hybridized carbons (Fsp3) is 0.238. The first-order chi connectivity index (χ1) is 14.2. The summed E-state index contributed by atoms with van der Waals surface area (Å²) >= 11 is 1.36. The number of anilines is 1. The Kier molecular flexibility index (Phi) is 6.25. The van der Waals surface area contributed by atoms with Crippen molar-refractivity contribution in [3.8, 4) is 17.0 Å². The molecule has 3 rings (SSSR count). The van der Waals surface area contributed by atoms with Gasteiger partial charge < -0.3 is 4.74 Å². The number of ether oxygens (including phenoxy) is 1. The summed E-state index contributed by atoms with van der Waals surface area (Å²) in [5.41, 5.74) is 3.26. The zero-order valence-corrected chi connectivity index (χ0v) is 19.0. The van der Waals surface area contributed by atoms with Crippen LogP contribution in [-0.4, -0.2) is 33.5 Å². The molecule has 30 heavy (non-hydrogen) atoms. The van der Waals surface area contributed by atoms with E-state index >= 15 is 0 Å². The first kappa shape index (κ1) is 21.9. The number of amides is 1. The topological polar surface area (TPSA) is 97.4 Å². The van der Waals surface area contributed by atoms with Crippen molar-refractivity contribution in [2.75, 3.05) is 19.5 Å². The van der Waals surface area contributed by atoms with Gasteiger partial charge in [0.25, 0.3) is 5.91 Å². The summed E-state index contributed by atoms with van der Waals surface area (Å²) in [6.07, 6.45) is 0. The van der Waals surface area contributed by atoms with E-state index in [1.54, 1.807) is 27.0 Å². The Morgan fingerprint density at radius 3 is 2.37 bits per heavy atom. The number of hydrogen-bond donors (Lipinski definition) is 2. The summed E-state index contributed by atoms with van der Waals surface area (Å²) in [5.74, 6) is 0.336. The molecule has 0 unspecified atom stereocenters. The number of rotatable bonds is 6. The van der Waals surface area contributed by atoms with Gasteiger partial charge >= 0.3 is 0 Å². The van der Waals surface area contributed by atoms with Gasteiger partial charge in [0.2, 0.25) is 10.0 Å². The SMILES string of the molecule is CNS(=O)(=O)c1cc(C(=O)Nc2nc(-c3ccc(OC)cc3)c(C)s2)cc(C)c1C. The lowest BCUT2D eigenvalue weighted by atomic mass is 10.1. The number of carbonyl (C=O) groups excluding carboxylic acids is 1. The number of aryl methyl sites for hydroxylation is 2. The van der Waals surface area contributed by atoms with Crippen LogP contribution < -0.4 is 14.8 Å². The van der Waals surface area contributed by atoms with Gasteiger partial charge in [-0.25, -0.2) is 18.1 Å². The van der Waals surface area contributed by atoms with Gasteiger partial charge in [-0.1, -0.05) is 0 Å². The largest absolute Gasteiger partial charge is 0.497 e. The summed E-state index contributed by atoms with van der Waals surface area (Å²) in [6.45, 7) is 5.42. The Hall–Kier alpha value is -2.75.